The van der Waals surface area contributed by atoms with Gasteiger partial charge in [-0.05, 0) is 12.3 Å². The first-order valence-corrected chi connectivity index (χ1v) is 8.55. The minimum absolute atomic E-state index is 0.187. The maximum Gasteiger partial charge on any atom is 0.270 e. The second-order valence-corrected chi connectivity index (χ2v) is 6.21. The monoisotopic (exact) mass is 342 g/mol. The number of carbonyl (C=O) groups excluding carboxylic acids is 1. The normalized spacial score (nSPS) is 10.7. The minimum Gasteiger partial charge on any atom is -0.385 e. The lowest BCUT2D eigenvalue weighted by Crippen LogP contribution is -2.28. The van der Waals surface area contributed by atoms with Crippen LogP contribution in [0.15, 0.2) is 36.4 Å². The van der Waals surface area contributed by atoms with Crippen molar-refractivity contribution >= 4 is 11.7 Å². The van der Waals surface area contributed by atoms with E-state index in [2.05, 4.69) is 34.4 Å². The van der Waals surface area contributed by atoms with Crippen LogP contribution in [0.25, 0.3) is 11.4 Å². The van der Waals surface area contributed by atoms with Gasteiger partial charge in [-0.3, -0.25) is 4.79 Å². The van der Waals surface area contributed by atoms with E-state index in [1.54, 1.807) is 13.2 Å². The molecule has 0 fully saturated rings. The standard InChI is InChI=1S/C19H26N4O2/c1-14(2)13-21-19(24)16-12-17(20-10-7-11-25-3)23-18(22-16)15-8-5-4-6-9-15/h4-6,8-9,12,14H,7,10-11,13H2,1-3H3,(H,21,24)(H,20,22,23). The molecule has 0 saturated heterocycles. The van der Waals surface area contributed by atoms with Gasteiger partial charge < -0.3 is 15.4 Å². The summed E-state index contributed by atoms with van der Waals surface area (Å²) in [5.74, 6) is 1.37. The highest BCUT2D eigenvalue weighted by Gasteiger charge is 2.13. The number of aromatic nitrogens is 2. The van der Waals surface area contributed by atoms with Gasteiger partial charge in [0.05, 0.1) is 0 Å². The summed E-state index contributed by atoms with van der Waals surface area (Å²) >= 11 is 0. The molecule has 1 aromatic heterocycles. The molecule has 2 aromatic rings. The predicted molar refractivity (Wildman–Crippen MR) is 99.6 cm³/mol. The third kappa shape index (κ3) is 6.15. The lowest BCUT2D eigenvalue weighted by molar-refractivity contribution is 0.0944. The van der Waals surface area contributed by atoms with Gasteiger partial charge in [0.25, 0.3) is 5.91 Å². The van der Waals surface area contributed by atoms with Crippen LogP contribution in [0.1, 0.15) is 30.8 Å². The summed E-state index contributed by atoms with van der Waals surface area (Å²) in [5, 5.41) is 6.14. The first-order valence-electron chi connectivity index (χ1n) is 8.55. The molecule has 134 valence electrons. The fourth-order valence-electron chi connectivity index (χ4n) is 2.19. The number of methoxy groups -OCH3 is 1. The Hall–Kier alpha value is -2.47. The number of nitrogens with zero attached hydrogens (tertiary/aromatic N) is 2. The first-order chi connectivity index (χ1) is 12.1. The first kappa shape index (κ1) is 18.9. The topological polar surface area (TPSA) is 76.1 Å². The van der Waals surface area contributed by atoms with Crippen LogP contribution in [-0.4, -0.2) is 42.7 Å². The van der Waals surface area contributed by atoms with E-state index in [4.69, 9.17) is 4.74 Å². The molecule has 0 aliphatic carbocycles. The number of ether oxygens (including phenoxy) is 1. The Morgan fingerprint density at radius 2 is 1.96 bits per heavy atom. The predicted octanol–water partition coefficient (Wildman–Crippen LogP) is 2.98. The number of hydrogen-bond acceptors (Lipinski definition) is 5. The number of rotatable bonds is 9. The molecule has 1 aromatic carbocycles. The maximum absolute atomic E-state index is 12.4. The Labute approximate surface area is 149 Å². The molecule has 0 spiro atoms. The molecule has 0 unspecified atom stereocenters. The molecule has 0 saturated carbocycles. The van der Waals surface area contributed by atoms with Crippen molar-refractivity contribution in [3.63, 3.8) is 0 Å². The van der Waals surface area contributed by atoms with Crippen LogP contribution in [-0.2, 0) is 4.74 Å². The molecule has 6 nitrogen and oxygen atoms in total. The van der Waals surface area contributed by atoms with E-state index < -0.39 is 0 Å². The van der Waals surface area contributed by atoms with E-state index in [0.717, 1.165) is 12.0 Å². The molecule has 0 atom stereocenters. The van der Waals surface area contributed by atoms with Gasteiger partial charge in [-0.15, -0.1) is 0 Å². The number of anilines is 1. The van der Waals surface area contributed by atoms with Gasteiger partial charge >= 0.3 is 0 Å². The van der Waals surface area contributed by atoms with E-state index in [1.807, 2.05) is 30.3 Å². The number of benzene rings is 1. The summed E-state index contributed by atoms with van der Waals surface area (Å²) in [5.41, 5.74) is 1.24. The summed E-state index contributed by atoms with van der Waals surface area (Å²) in [7, 11) is 1.68. The SMILES string of the molecule is COCCCNc1cc(C(=O)NCC(C)C)nc(-c2ccccc2)n1. The number of carbonyl (C=O) groups is 1. The fourth-order valence-corrected chi connectivity index (χ4v) is 2.19. The van der Waals surface area contributed by atoms with Crippen LogP contribution in [0.3, 0.4) is 0 Å². The van der Waals surface area contributed by atoms with Crippen molar-refractivity contribution in [1.82, 2.24) is 15.3 Å². The highest BCUT2D eigenvalue weighted by atomic mass is 16.5. The zero-order chi connectivity index (χ0) is 18.1. The van der Waals surface area contributed by atoms with E-state index >= 15 is 0 Å². The number of nitrogens with one attached hydrogen (secondary N) is 2. The largest absolute Gasteiger partial charge is 0.385 e. The minimum atomic E-state index is -0.187. The smallest absolute Gasteiger partial charge is 0.270 e. The highest BCUT2D eigenvalue weighted by Crippen LogP contribution is 2.18. The van der Waals surface area contributed by atoms with Gasteiger partial charge in [0.2, 0.25) is 0 Å². The van der Waals surface area contributed by atoms with E-state index in [-0.39, 0.29) is 5.91 Å². The zero-order valence-corrected chi connectivity index (χ0v) is 15.1. The number of hydrogen-bond donors (Lipinski definition) is 2. The van der Waals surface area contributed by atoms with Crippen molar-refractivity contribution in [3.05, 3.63) is 42.1 Å². The Kier molecular flexibility index (Phi) is 7.35. The van der Waals surface area contributed by atoms with Gasteiger partial charge in [0.1, 0.15) is 11.5 Å². The average molecular weight is 342 g/mol. The van der Waals surface area contributed by atoms with Gasteiger partial charge in [0.15, 0.2) is 5.82 Å². The van der Waals surface area contributed by atoms with Gasteiger partial charge in [-0.1, -0.05) is 44.2 Å². The van der Waals surface area contributed by atoms with Crippen molar-refractivity contribution in [2.75, 3.05) is 32.1 Å². The molecule has 1 heterocycles. The molecule has 1 amide bonds. The maximum atomic E-state index is 12.4. The molecule has 6 heteroatoms. The molecule has 2 N–H and O–H groups in total. The van der Waals surface area contributed by atoms with Crippen LogP contribution in [0.4, 0.5) is 5.82 Å². The van der Waals surface area contributed by atoms with Crippen molar-refractivity contribution in [2.45, 2.75) is 20.3 Å². The van der Waals surface area contributed by atoms with Crippen LogP contribution in [0.2, 0.25) is 0 Å². The molecule has 0 bridgehead atoms. The third-order valence-electron chi connectivity index (χ3n) is 3.49. The Bertz CT molecular complexity index is 674. The molecule has 25 heavy (non-hydrogen) atoms. The quantitative estimate of drug-likeness (QED) is 0.685. The molecular weight excluding hydrogens is 316 g/mol. The van der Waals surface area contributed by atoms with Crippen LogP contribution in [0.5, 0.6) is 0 Å². The van der Waals surface area contributed by atoms with Crippen LogP contribution >= 0.6 is 0 Å². The van der Waals surface area contributed by atoms with E-state index in [1.165, 1.54) is 0 Å². The third-order valence-corrected chi connectivity index (χ3v) is 3.49. The van der Waals surface area contributed by atoms with Gasteiger partial charge in [-0.2, -0.15) is 0 Å². The summed E-state index contributed by atoms with van der Waals surface area (Å²) in [4.78, 5) is 21.4. The van der Waals surface area contributed by atoms with Crippen LogP contribution < -0.4 is 10.6 Å². The van der Waals surface area contributed by atoms with Gasteiger partial charge in [0, 0.05) is 38.4 Å². The van der Waals surface area contributed by atoms with Crippen molar-refractivity contribution in [3.8, 4) is 11.4 Å². The summed E-state index contributed by atoms with van der Waals surface area (Å²) < 4.78 is 5.05. The fraction of sp³-hybridized carbons (Fsp3) is 0.421. The van der Waals surface area contributed by atoms with Gasteiger partial charge in [-0.25, -0.2) is 9.97 Å². The number of amides is 1. The van der Waals surface area contributed by atoms with Crippen LogP contribution in [0, 0.1) is 5.92 Å². The molecule has 0 aliphatic rings. The summed E-state index contributed by atoms with van der Waals surface area (Å²) in [6.07, 6.45) is 0.857. The second kappa shape index (κ2) is 9.74. The van der Waals surface area contributed by atoms with E-state index in [0.29, 0.717) is 43.0 Å². The summed E-state index contributed by atoms with van der Waals surface area (Å²) in [6, 6.07) is 11.3. The average Bonchev–Trinajstić information content (AvgIpc) is 2.63. The van der Waals surface area contributed by atoms with E-state index in [9.17, 15) is 4.79 Å². The second-order valence-electron chi connectivity index (χ2n) is 6.21. The van der Waals surface area contributed by atoms with Crippen molar-refractivity contribution in [1.29, 1.82) is 0 Å². The van der Waals surface area contributed by atoms with Crippen molar-refractivity contribution < 1.29 is 9.53 Å². The Morgan fingerprint density at radius 1 is 1.20 bits per heavy atom. The molecular formula is C19H26N4O2. The highest BCUT2D eigenvalue weighted by molar-refractivity contribution is 5.93. The molecule has 2 rings (SSSR count). The zero-order valence-electron chi connectivity index (χ0n) is 15.1. The Morgan fingerprint density at radius 3 is 2.64 bits per heavy atom. The molecule has 0 aliphatic heterocycles. The Balaban J connectivity index is 2.23. The lowest BCUT2D eigenvalue weighted by Gasteiger charge is -2.11. The summed E-state index contributed by atoms with van der Waals surface area (Å²) in [6.45, 7) is 6.11. The van der Waals surface area contributed by atoms with Crippen molar-refractivity contribution in [2.24, 2.45) is 5.92 Å². The molecule has 0 radical (unpaired) electrons. The lowest BCUT2D eigenvalue weighted by atomic mass is 10.2.